The lowest BCUT2D eigenvalue weighted by atomic mass is 9.87. The molecule has 1 nitrogen and oxygen atoms in total. The zero-order chi connectivity index (χ0) is 18.8. The van der Waals surface area contributed by atoms with Crippen molar-refractivity contribution >= 4 is 45.1 Å². The minimum atomic E-state index is -1.20. The second kappa shape index (κ2) is 11.2. The van der Waals surface area contributed by atoms with Crippen LogP contribution in [-0.4, -0.2) is 24.1 Å². The Kier molecular flexibility index (Phi) is 9.33. The molecule has 2 aromatic rings. The molecular formula is C22H30BrOSi2. The van der Waals surface area contributed by atoms with Crippen LogP contribution in [0.15, 0.2) is 54.6 Å². The Morgan fingerprint density at radius 3 is 2.23 bits per heavy atom. The minimum absolute atomic E-state index is 0.128. The van der Waals surface area contributed by atoms with E-state index in [-0.39, 0.29) is 5.41 Å². The Bertz CT molecular complexity index is 640. The first-order valence-electron chi connectivity index (χ1n) is 9.52. The van der Waals surface area contributed by atoms with Crippen molar-refractivity contribution < 1.29 is 4.12 Å². The van der Waals surface area contributed by atoms with Gasteiger partial charge in [0.05, 0.1) is 0 Å². The van der Waals surface area contributed by atoms with Crippen molar-refractivity contribution in [2.45, 2.75) is 57.9 Å². The van der Waals surface area contributed by atoms with E-state index in [0.717, 1.165) is 5.33 Å². The lowest BCUT2D eigenvalue weighted by molar-refractivity contribution is 0.587. The largest absolute Gasteiger partial charge is 0.449 e. The number of unbranched alkanes of at least 4 members (excludes halogenated alkanes) is 3. The van der Waals surface area contributed by atoms with E-state index in [2.05, 4.69) is 91.3 Å². The maximum absolute atomic E-state index is 6.58. The van der Waals surface area contributed by atoms with E-state index in [9.17, 15) is 0 Å². The Balaban J connectivity index is 2.11. The van der Waals surface area contributed by atoms with Crippen molar-refractivity contribution in [3.8, 4) is 0 Å². The van der Waals surface area contributed by atoms with Crippen molar-refractivity contribution in [3.05, 3.63) is 60.2 Å². The maximum atomic E-state index is 6.58. The fourth-order valence-electron chi connectivity index (χ4n) is 2.96. The van der Waals surface area contributed by atoms with E-state index in [1.165, 1.54) is 47.7 Å². The van der Waals surface area contributed by atoms with Gasteiger partial charge in [0.2, 0.25) is 9.76 Å². The fraction of sp³-hybridized carbons (Fsp3) is 0.455. The van der Waals surface area contributed by atoms with Gasteiger partial charge in [-0.15, -0.1) is 0 Å². The molecule has 2 aromatic carbocycles. The quantitative estimate of drug-likeness (QED) is 0.280. The molecule has 2 rings (SSSR count). The summed E-state index contributed by atoms with van der Waals surface area (Å²) >= 11 is 3.51. The first-order chi connectivity index (χ1) is 12.5. The maximum Gasteiger partial charge on any atom is 0.272 e. The van der Waals surface area contributed by atoms with E-state index < -0.39 is 9.04 Å². The van der Waals surface area contributed by atoms with E-state index in [0.29, 0.717) is 9.76 Å². The number of alkyl halides is 1. The highest BCUT2D eigenvalue weighted by Gasteiger charge is 2.26. The molecule has 0 N–H and O–H groups in total. The van der Waals surface area contributed by atoms with Crippen molar-refractivity contribution in [2.75, 3.05) is 5.33 Å². The molecule has 0 aromatic heterocycles. The van der Waals surface area contributed by atoms with Gasteiger partial charge < -0.3 is 4.12 Å². The van der Waals surface area contributed by atoms with Gasteiger partial charge in [-0.1, -0.05) is 111 Å². The molecule has 0 fully saturated rings. The molecule has 0 atom stereocenters. The van der Waals surface area contributed by atoms with Gasteiger partial charge in [0, 0.05) is 5.33 Å². The zero-order valence-corrected chi connectivity index (χ0v) is 19.8. The number of hydrogen-bond donors (Lipinski definition) is 0. The third kappa shape index (κ3) is 6.80. The molecule has 0 amide bonds. The fourth-order valence-corrected chi connectivity index (χ4v) is 7.41. The summed E-state index contributed by atoms with van der Waals surface area (Å²) in [6.07, 6.45) is 5.19. The predicted molar refractivity (Wildman–Crippen MR) is 121 cm³/mol. The van der Waals surface area contributed by atoms with Crippen LogP contribution in [0.2, 0.25) is 6.04 Å². The highest BCUT2D eigenvalue weighted by atomic mass is 79.9. The summed E-state index contributed by atoms with van der Waals surface area (Å²) in [5.41, 5.74) is 1.54. The van der Waals surface area contributed by atoms with Gasteiger partial charge in [-0.25, -0.2) is 0 Å². The second-order valence-corrected chi connectivity index (χ2v) is 11.8. The highest BCUT2D eigenvalue weighted by Crippen LogP contribution is 2.20. The lowest BCUT2D eigenvalue weighted by Gasteiger charge is -2.26. The molecule has 4 heteroatoms. The number of rotatable bonds is 10. The molecule has 3 radical (unpaired) electrons. The Morgan fingerprint density at radius 1 is 0.885 bits per heavy atom. The van der Waals surface area contributed by atoms with E-state index in [4.69, 9.17) is 4.12 Å². The topological polar surface area (TPSA) is 9.23 Å². The third-order valence-corrected chi connectivity index (χ3v) is 8.65. The van der Waals surface area contributed by atoms with Crippen LogP contribution in [0.5, 0.6) is 0 Å². The summed E-state index contributed by atoms with van der Waals surface area (Å²) in [5, 5.41) is 3.88. The van der Waals surface area contributed by atoms with Crippen LogP contribution in [0.1, 0.15) is 52.0 Å². The summed E-state index contributed by atoms with van der Waals surface area (Å²) in [6, 6.07) is 20.9. The molecule has 0 aliphatic carbocycles. The lowest BCUT2D eigenvalue weighted by Crippen LogP contribution is -2.48. The molecule has 0 bridgehead atoms. The summed E-state index contributed by atoms with van der Waals surface area (Å²) in [5.74, 6) is 0. The van der Waals surface area contributed by atoms with Crippen molar-refractivity contribution in [3.63, 3.8) is 0 Å². The van der Waals surface area contributed by atoms with Gasteiger partial charge in [0.25, 0.3) is 9.04 Å². The van der Waals surface area contributed by atoms with Crippen molar-refractivity contribution in [1.29, 1.82) is 0 Å². The monoisotopic (exact) mass is 445 g/mol. The highest BCUT2D eigenvalue weighted by molar-refractivity contribution is 9.09. The van der Waals surface area contributed by atoms with Crippen LogP contribution < -0.4 is 10.4 Å². The van der Waals surface area contributed by atoms with Crippen LogP contribution in [0.4, 0.5) is 0 Å². The molecule has 0 aliphatic rings. The van der Waals surface area contributed by atoms with Gasteiger partial charge in [0.1, 0.15) is 0 Å². The van der Waals surface area contributed by atoms with Gasteiger partial charge in [-0.05, 0) is 33.8 Å². The Labute approximate surface area is 172 Å². The van der Waals surface area contributed by atoms with Gasteiger partial charge in [-0.3, -0.25) is 0 Å². The molecule has 0 saturated heterocycles. The molecule has 26 heavy (non-hydrogen) atoms. The minimum Gasteiger partial charge on any atom is -0.449 e. The summed E-state index contributed by atoms with van der Waals surface area (Å²) in [6.45, 7) is 6.88. The van der Waals surface area contributed by atoms with E-state index in [1.54, 1.807) is 0 Å². The van der Waals surface area contributed by atoms with Crippen molar-refractivity contribution in [2.24, 2.45) is 0 Å². The van der Waals surface area contributed by atoms with Gasteiger partial charge in [0.15, 0.2) is 0 Å². The summed E-state index contributed by atoms with van der Waals surface area (Å²) in [7, 11) is -0.615. The SMILES string of the molecule is CC(C)(C)c1ccccc1[Si](O[Si]CCCCCCBr)c1ccccc1. The predicted octanol–water partition coefficient (Wildman–Crippen LogP) is 5.10. The number of benzene rings is 2. The molecule has 0 unspecified atom stereocenters. The van der Waals surface area contributed by atoms with Crippen LogP contribution in [-0.2, 0) is 9.53 Å². The second-order valence-electron chi connectivity index (χ2n) is 7.59. The summed E-state index contributed by atoms with van der Waals surface area (Å²) < 4.78 is 6.58. The molecule has 0 spiro atoms. The molecule has 139 valence electrons. The van der Waals surface area contributed by atoms with Gasteiger partial charge >= 0.3 is 0 Å². The van der Waals surface area contributed by atoms with Gasteiger partial charge in [-0.2, -0.15) is 0 Å². The smallest absolute Gasteiger partial charge is 0.272 e. The first-order valence-corrected chi connectivity index (χ1v) is 13.2. The van der Waals surface area contributed by atoms with E-state index >= 15 is 0 Å². The van der Waals surface area contributed by atoms with Crippen LogP contribution in [0.25, 0.3) is 0 Å². The Hall–Kier alpha value is -0.686. The molecule has 0 heterocycles. The average molecular weight is 447 g/mol. The average Bonchev–Trinajstić information content (AvgIpc) is 2.64. The normalized spacial score (nSPS) is 11.9. The van der Waals surface area contributed by atoms with Crippen LogP contribution >= 0.6 is 15.9 Å². The molecule has 0 saturated carbocycles. The van der Waals surface area contributed by atoms with Crippen LogP contribution in [0, 0.1) is 0 Å². The number of hydrogen-bond acceptors (Lipinski definition) is 1. The first kappa shape index (κ1) is 21.6. The van der Waals surface area contributed by atoms with Crippen LogP contribution in [0.3, 0.4) is 0 Å². The third-order valence-electron chi connectivity index (χ3n) is 4.35. The number of halogens is 1. The Morgan fingerprint density at radius 2 is 1.54 bits per heavy atom. The molecular weight excluding hydrogens is 416 g/mol. The zero-order valence-electron chi connectivity index (χ0n) is 16.2. The standard InChI is InChI=1S/C22H30BrOSi2/c1-22(2,3)20-15-9-10-16-21(20)26(19-13-7-6-8-14-19)24-25-18-12-5-4-11-17-23/h6-10,13-16H,4-5,11-12,17-18H2,1-3H3. The van der Waals surface area contributed by atoms with E-state index in [1.807, 2.05) is 0 Å². The van der Waals surface area contributed by atoms with Crippen molar-refractivity contribution in [1.82, 2.24) is 0 Å². The summed E-state index contributed by atoms with van der Waals surface area (Å²) in [4.78, 5) is 0. The molecule has 0 aliphatic heterocycles.